The van der Waals surface area contributed by atoms with Gasteiger partial charge in [0.15, 0.2) is 5.78 Å². The summed E-state index contributed by atoms with van der Waals surface area (Å²) in [5.41, 5.74) is 2.65. The van der Waals surface area contributed by atoms with Crippen molar-refractivity contribution in [2.75, 3.05) is 7.11 Å². The number of hydrogen-bond donors (Lipinski definition) is 0. The fraction of sp³-hybridized carbons (Fsp3) is 0.231. The Morgan fingerprint density at radius 1 is 1.44 bits per heavy atom. The smallest absolute Gasteiger partial charge is 0.163 e. The van der Waals surface area contributed by atoms with E-state index in [0.29, 0.717) is 12.2 Å². The van der Waals surface area contributed by atoms with Gasteiger partial charge in [-0.05, 0) is 30.2 Å². The summed E-state index contributed by atoms with van der Waals surface area (Å²) in [5.74, 6) is 0.810. The van der Waals surface area contributed by atoms with E-state index >= 15 is 0 Å². The van der Waals surface area contributed by atoms with Crippen molar-refractivity contribution >= 4 is 11.9 Å². The maximum Gasteiger partial charge on any atom is 0.163 e. The van der Waals surface area contributed by atoms with E-state index in [1.807, 2.05) is 12.1 Å². The maximum atomic E-state index is 11.5. The van der Waals surface area contributed by atoms with Gasteiger partial charge >= 0.3 is 0 Å². The zero-order valence-electron chi connectivity index (χ0n) is 8.99. The molecule has 0 N–H and O–H groups in total. The van der Waals surface area contributed by atoms with Crippen molar-refractivity contribution in [1.82, 2.24) is 0 Å². The van der Waals surface area contributed by atoms with Crippen LogP contribution in [0.5, 0.6) is 5.75 Å². The van der Waals surface area contributed by atoms with Gasteiger partial charge in [-0.15, -0.1) is 0 Å². The van der Waals surface area contributed by atoms with E-state index in [2.05, 4.69) is 0 Å². The van der Waals surface area contributed by atoms with Gasteiger partial charge in [0.1, 0.15) is 5.75 Å². The van der Waals surface area contributed by atoms with Gasteiger partial charge in [0.05, 0.1) is 13.2 Å². The van der Waals surface area contributed by atoms with Gasteiger partial charge in [0, 0.05) is 23.6 Å². The third kappa shape index (κ3) is 1.70. The number of ether oxygens (including phenoxy) is 1. The van der Waals surface area contributed by atoms with E-state index in [9.17, 15) is 4.79 Å². The van der Waals surface area contributed by atoms with Crippen LogP contribution in [-0.2, 0) is 6.42 Å². The van der Waals surface area contributed by atoms with Crippen molar-refractivity contribution in [2.45, 2.75) is 12.8 Å². The Morgan fingerprint density at radius 2 is 2.25 bits per heavy atom. The summed E-state index contributed by atoms with van der Waals surface area (Å²) >= 11 is 0. The van der Waals surface area contributed by atoms with Gasteiger partial charge in [-0.1, -0.05) is 0 Å². The predicted molar refractivity (Wildman–Crippen MR) is 60.3 cm³/mol. The summed E-state index contributed by atoms with van der Waals surface area (Å²) in [4.78, 5) is 11.5. The Labute approximate surface area is 94.0 Å². The SMILES string of the molecule is COc1cc2c(cc1/C=C/C#N)CCC2=O. The number of nitriles is 1. The summed E-state index contributed by atoms with van der Waals surface area (Å²) in [7, 11) is 1.56. The van der Waals surface area contributed by atoms with Crippen LogP contribution in [0.15, 0.2) is 18.2 Å². The largest absolute Gasteiger partial charge is 0.496 e. The highest BCUT2D eigenvalue weighted by molar-refractivity contribution is 6.01. The predicted octanol–water partition coefficient (Wildman–Crippen LogP) is 2.36. The summed E-state index contributed by atoms with van der Waals surface area (Å²) in [5, 5.41) is 8.49. The van der Waals surface area contributed by atoms with Gasteiger partial charge < -0.3 is 4.74 Å². The maximum absolute atomic E-state index is 11.5. The molecule has 0 aliphatic heterocycles. The lowest BCUT2D eigenvalue weighted by molar-refractivity contribution is 0.0994. The minimum absolute atomic E-state index is 0.170. The van der Waals surface area contributed by atoms with Crippen LogP contribution in [-0.4, -0.2) is 12.9 Å². The molecule has 0 aromatic heterocycles. The second-order valence-corrected chi connectivity index (χ2v) is 3.64. The van der Waals surface area contributed by atoms with Crippen molar-refractivity contribution in [2.24, 2.45) is 0 Å². The Balaban J connectivity index is 2.52. The lowest BCUT2D eigenvalue weighted by Crippen LogP contribution is -1.95. The number of carbonyl (C=O) groups is 1. The van der Waals surface area contributed by atoms with Crippen LogP contribution in [0.3, 0.4) is 0 Å². The molecule has 80 valence electrons. The zero-order chi connectivity index (χ0) is 11.5. The van der Waals surface area contributed by atoms with Crippen molar-refractivity contribution in [3.63, 3.8) is 0 Å². The topological polar surface area (TPSA) is 50.1 Å². The number of fused-ring (bicyclic) bond motifs is 1. The van der Waals surface area contributed by atoms with Crippen LogP contribution < -0.4 is 4.74 Å². The first-order valence-electron chi connectivity index (χ1n) is 5.06. The Morgan fingerprint density at radius 3 is 2.94 bits per heavy atom. The normalized spacial score (nSPS) is 13.9. The summed E-state index contributed by atoms with van der Waals surface area (Å²) in [6.07, 6.45) is 4.46. The van der Waals surface area contributed by atoms with Crippen molar-refractivity contribution in [3.05, 3.63) is 34.9 Å². The number of Topliss-reactive ketones (excluding diaryl/α,β-unsaturated/α-hetero) is 1. The van der Waals surface area contributed by atoms with Crippen molar-refractivity contribution in [3.8, 4) is 11.8 Å². The van der Waals surface area contributed by atoms with Gasteiger partial charge in [-0.25, -0.2) is 0 Å². The molecule has 0 radical (unpaired) electrons. The lowest BCUT2D eigenvalue weighted by Gasteiger charge is -2.07. The number of hydrogen-bond acceptors (Lipinski definition) is 3. The van der Waals surface area contributed by atoms with Crippen LogP contribution in [0.1, 0.15) is 27.9 Å². The number of carbonyl (C=O) groups excluding carboxylic acids is 1. The minimum atomic E-state index is 0.170. The third-order valence-electron chi connectivity index (χ3n) is 2.71. The molecule has 0 amide bonds. The van der Waals surface area contributed by atoms with Crippen LogP contribution in [0, 0.1) is 11.3 Å². The molecule has 16 heavy (non-hydrogen) atoms. The first-order valence-corrected chi connectivity index (χ1v) is 5.06. The standard InChI is InChI=1S/C13H11NO2/c1-16-13-8-11-9(4-5-12(11)15)7-10(13)3-2-6-14/h2-3,7-8H,4-5H2,1H3/b3-2+. The second kappa shape index (κ2) is 4.19. The highest BCUT2D eigenvalue weighted by Gasteiger charge is 2.21. The van der Waals surface area contributed by atoms with Crippen LogP contribution in [0.2, 0.25) is 0 Å². The molecule has 1 aliphatic rings. The quantitative estimate of drug-likeness (QED) is 0.708. The molecule has 0 heterocycles. The summed E-state index contributed by atoms with van der Waals surface area (Å²) < 4.78 is 5.20. The van der Waals surface area contributed by atoms with Gasteiger partial charge in [0.2, 0.25) is 0 Å². The molecule has 0 spiro atoms. The molecule has 3 heteroatoms. The molecule has 0 atom stereocenters. The summed E-state index contributed by atoms with van der Waals surface area (Å²) in [6, 6.07) is 5.63. The molecule has 0 saturated carbocycles. The number of allylic oxidation sites excluding steroid dienone is 1. The number of methoxy groups -OCH3 is 1. The molecule has 1 aliphatic carbocycles. The average Bonchev–Trinajstić information content (AvgIpc) is 2.66. The van der Waals surface area contributed by atoms with Gasteiger partial charge in [0.25, 0.3) is 0 Å². The van der Waals surface area contributed by atoms with E-state index in [1.165, 1.54) is 6.08 Å². The second-order valence-electron chi connectivity index (χ2n) is 3.64. The van der Waals surface area contributed by atoms with E-state index in [-0.39, 0.29) is 5.78 Å². The van der Waals surface area contributed by atoms with E-state index in [1.54, 1.807) is 19.3 Å². The van der Waals surface area contributed by atoms with Gasteiger partial charge in [-0.3, -0.25) is 4.79 Å². The van der Waals surface area contributed by atoms with Gasteiger partial charge in [-0.2, -0.15) is 5.26 Å². The van der Waals surface area contributed by atoms with E-state index < -0.39 is 0 Å². The fourth-order valence-corrected chi connectivity index (χ4v) is 1.93. The van der Waals surface area contributed by atoms with E-state index in [4.69, 9.17) is 10.00 Å². The molecule has 1 aromatic carbocycles. The number of benzene rings is 1. The molecule has 0 bridgehead atoms. The molecule has 0 saturated heterocycles. The van der Waals surface area contributed by atoms with Crippen LogP contribution >= 0.6 is 0 Å². The highest BCUT2D eigenvalue weighted by atomic mass is 16.5. The van der Waals surface area contributed by atoms with Crippen molar-refractivity contribution in [1.29, 1.82) is 5.26 Å². The Bertz CT molecular complexity index is 509. The molecule has 2 rings (SSSR count). The van der Waals surface area contributed by atoms with E-state index in [0.717, 1.165) is 23.1 Å². The molecule has 1 aromatic rings. The minimum Gasteiger partial charge on any atom is -0.496 e. The highest BCUT2D eigenvalue weighted by Crippen LogP contribution is 2.30. The molecule has 0 unspecified atom stereocenters. The van der Waals surface area contributed by atoms with Crippen molar-refractivity contribution < 1.29 is 9.53 Å². The lowest BCUT2D eigenvalue weighted by atomic mass is 10.0. The Hall–Kier alpha value is -2.08. The fourth-order valence-electron chi connectivity index (χ4n) is 1.93. The molecular formula is C13H11NO2. The van der Waals surface area contributed by atoms with Crippen LogP contribution in [0.4, 0.5) is 0 Å². The summed E-state index contributed by atoms with van der Waals surface area (Å²) in [6.45, 7) is 0. The first kappa shape index (κ1) is 10.4. The molecular weight excluding hydrogens is 202 g/mol. The Kier molecular flexibility index (Phi) is 2.74. The number of aryl methyl sites for hydroxylation is 1. The number of nitrogens with zero attached hydrogens (tertiary/aromatic N) is 1. The number of ketones is 1. The average molecular weight is 213 g/mol. The molecule has 0 fully saturated rings. The monoisotopic (exact) mass is 213 g/mol. The van der Waals surface area contributed by atoms with Crippen LogP contribution in [0.25, 0.3) is 6.08 Å². The number of rotatable bonds is 2. The third-order valence-corrected chi connectivity index (χ3v) is 2.71. The zero-order valence-corrected chi connectivity index (χ0v) is 8.99. The first-order chi connectivity index (χ1) is 7.76. The molecule has 3 nitrogen and oxygen atoms in total.